The molecule has 4 aromatic rings. The van der Waals surface area contributed by atoms with E-state index < -0.39 is 0 Å². The zero-order valence-corrected chi connectivity index (χ0v) is 19.0. The second-order valence-corrected chi connectivity index (χ2v) is 8.34. The maximum Gasteiger partial charge on any atom is 0.319 e. The van der Waals surface area contributed by atoms with Gasteiger partial charge in [-0.3, -0.25) is 8.96 Å². The van der Waals surface area contributed by atoms with E-state index in [1.165, 1.54) is 0 Å². The molecule has 0 bridgehead atoms. The van der Waals surface area contributed by atoms with Crippen molar-refractivity contribution in [2.45, 2.75) is 13.5 Å². The van der Waals surface area contributed by atoms with Gasteiger partial charge >= 0.3 is 6.03 Å². The average molecular weight is 456 g/mol. The summed E-state index contributed by atoms with van der Waals surface area (Å²) >= 11 is 1.57. The van der Waals surface area contributed by atoms with E-state index in [9.17, 15) is 4.79 Å². The van der Waals surface area contributed by atoms with Gasteiger partial charge in [0.1, 0.15) is 0 Å². The molecule has 0 atom stereocenters. The fourth-order valence-electron chi connectivity index (χ4n) is 3.44. The number of rotatable bonds is 7. The van der Waals surface area contributed by atoms with Crippen molar-refractivity contribution in [2.75, 3.05) is 5.32 Å². The van der Waals surface area contributed by atoms with Crippen LogP contribution in [-0.2, 0) is 6.54 Å². The Balaban J connectivity index is 1.50. The van der Waals surface area contributed by atoms with Gasteiger partial charge in [-0.2, -0.15) is 0 Å². The standard InChI is InChI=1S/C26H25N5OS/c1-2-6-22(15-27)33-31-18-24(23-8-3-4-9-25(23)31)20-10-12-21(13-11-20)30-26(32)29-17-19-7-5-14-28-16-19/h2-16,18H,17,27H2,1H3,(H2,29,30,32)/b6-2-,22-15+. The molecule has 0 fully saturated rings. The number of carbonyl (C=O) groups excluding carboxylic acids is 1. The number of hydrogen-bond donors (Lipinski definition) is 3. The fourth-order valence-corrected chi connectivity index (χ4v) is 4.34. The Morgan fingerprint density at radius 3 is 2.67 bits per heavy atom. The molecule has 4 rings (SSSR count). The molecule has 2 heterocycles. The van der Waals surface area contributed by atoms with E-state index in [4.69, 9.17) is 5.73 Å². The van der Waals surface area contributed by atoms with E-state index >= 15 is 0 Å². The third kappa shape index (κ3) is 5.45. The van der Waals surface area contributed by atoms with Gasteiger partial charge in [-0.05, 0) is 60.3 Å². The van der Waals surface area contributed by atoms with Crippen LogP contribution in [0.2, 0.25) is 0 Å². The molecular weight excluding hydrogens is 430 g/mol. The number of nitrogens with one attached hydrogen (secondary N) is 2. The van der Waals surface area contributed by atoms with Gasteiger partial charge in [0, 0.05) is 52.9 Å². The second-order valence-electron chi connectivity index (χ2n) is 7.29. The van der Waals surface area contributed by atoms with Crippen molar-refractivity contribution in [3.05, 3.63) is 108 Å². The topological polar surface area (TPSA) is 85.0 Å². The molecule has 0 saturated heterocycles. The number of amides is 2. The van der Waals surface area contributed by atoms with Gasteiger partial charge in [-0.1, -0.05) is 42.5 Å². The lowest BCUT2D eigenvalue weighted by atomic mass is 10.0. The molecule has 4 N–H and O–H groups in total. The van der Waals surface area contributed by atoms with E-state index in [1.807, 2.05) is 67.6 Å². The van der Waals surface area contributed by atoms with Crippen LogP contribution in [0.5, 0.6) is 0 Å². The summed E-state index contributed by atoms with van der Waals surface area (Å²) in [4.78, 5) is 17.2. The van der Waals surface area contributed by atoms with Gasteiger partial charge in [0.2, 0.25) is 0 Å². The Morgan fingerprint density at radius 1 is 1.12 bits per heavy atom. The van der Waals surface area contributed by atoms with Crippen molar-refractivity contribution < 1.29 is 4.79 Å². The highest BCUT2D eigenvalue weighted by Gasteiger charge is 2.12. The number of anilines is 1. The Labute approximate surface area is 197 Å². The number of benzene rings is 2. The van der Waals surface area contributed by atoms with Crippen LogP contribution in [0.4, 0.5) is 10.5 Å². The number of allylic oxidation sites excluding steroid dienone is 2. The molecule has 0 aliphatic rings. The largest absolute Gasteiger partial charge is 0.404 e. The number of urea groups is 1. The Bertz CT molecular complexity index is 1290. The lowest BCUT2D eigenvalue weighted by Crippen LogP contribution is -2.28. The second kappa shape index (κ2) is 10.6. The SMILES string of the molecule is C/C=C\C(=C/N)Sn1cc(-c2ccc(NC(=O)NCc3cccnc3)cc2)c2ccccc21. The van der Waals surface area contributed by atoms with Crippen molar-refractivity contribution in [3.63, 3.8) is 0 Å². The molecule has 6 nitrogen and oxygen atoms in total. The van der Waals surface area contributed by atoms with Crippen molar-refractivity contribution in [2.24, 2.45) is 5.73 Å². The van der Waals surface area contributed by atoms with E-state index in [0.29, 0.717) is 6.54 Å². The summed E-state index contributed by atoms with van der Waals surface area (Å²) in [6.45, 7) is 2.39. The van der Waals surface area contributed by atoms with Gasteiger partial charge < -0.3 is 16.4 Å². The fraction of sp³-hybridized carbons (Fsp3) is 0.0769. The lowest BCUT2D eigenvalue weighted by Gasteiger charge is -2.08. The highest BCUT2D eigenvalue weighted by molar-refractivity contribution is 8.02. The van der Waals surface area contributed by atoms with Crippen LogP contribution < -0.4 is 16.4 Å². The zero-order valence-electron chi connectivity index (χ0n) is 18.2. The average Bonchev–Trinajstić information content (AvgIpc) is 3.22. The van der Waals surface area contributed by atoms with Gasteiger partial charge in [0.25, 0.3) is 0 Å². The number of nitrogens with zero attached hydrogens (tertiary/aromatic N) is 2. The van der Waals surface area contributed by atoms with Gasteiger partial charge in [0.05, 0.1) is 5.52 Å². The Hall–Kier alpha value is -3.97. The first-order chi connectivity index (χ1) is 16.2. The van der Waals surface area contributed by atoms with E-state index in [2.05, 4.69) is 37.9 Å². The lowest BCUT2D eigenvalue weighted by molar-refractivity contribution is 0.251. The number of nitrogens with two attached hydrogens (primary N) is 1. The van der Waals surface area contributed by atoms with E-state index in [0.717, 1.165) is 38.2 Å². The number of aromatic nitrogens is 2. The molecule has 0 spiro atoms. The monoisotopic (exact) mass is 455 g/mol. The molecular formula is C26H25N5OS. The first kappa shape index (κ1) is 22.2. The molecule has 0 radical (unpaired) electrons. The normalized spacial score (nSPS) is 11.7. The van der Waals surface area contributed by atoms with Crippen LogP contribution in [0, 0.1) is 0 Å². The van der Waals surface area contributed by atoms with Crippen molar-refractivity contribution >= 4 is 34.6 Å². The summed E-state index contributed by atoms with van der Waals surface area (Å²) in [6, 6.07) is 19.6. The van der Waals surface area contributed by atoms with Crippen molar-refractivity contribution in [1.29, 1.82) is 0 Å². The highest BCUT2D eigenvalue weighted by Crippen LogP contribution is 2.35. The minimum absolute atomic E-state index is 0.260. The number of para-hydroxylation sites is 1. The molecule has 33 heavy (non-hydrogen) atoms. The molecule has 0 aliphatic carbocycles. The molecule has 0 saturated carbocycles. The summed E-state index contributed by atoms with van der Waals surface area (Å²) in [7, 11) is 0. The minimum atomic E-state index is -0.260. The molecule has 2 amide bonds. The predicted molar refractivity (Wildman–Crippen MR) is 138 cm³/mol. The summed E-state index contributed by atoms with van der Waals surface area (Å²) in [5, 5.41) is 6.86. The van der Waals surface area contributed by atoms with Crippen LogP contribution in [0.15, 0.2) is 103 Å². The smallest absolute Gasteiger partial charge is 0.319 e. The van der Waals surface area contributed by atoms with Gasteiger partial charge in [0.15, 0.2) is 0 Å². The zero-order chi connectivity index (χ0) is 23.0. The maximum absolute atomic E-state index is 12.2. The molecule has 166 valence electrons. The van der Waals surface area contributed by atoms with Crippen LogP contribution in [0.1, 0.15) is 12.5 Å². The summed E-state index contributed by atoms with van der Waals surface area (Å²) in [5.41, 5.74) is 10.7. The highest BCUT2D eigenvalue weighted by atomic mass is 32.2. The summed E-state index contributed by atoms with van der Waals surface area (Å²) in [5.74, 6) is 0. The molecule has 7 heteroatoms. The van der Waals surface area contributed by atoms with Gasteiger partial charge in [-0.25, -0.2) is 4.79 Å². The number of pyridine rings is 1. The summed E-state index contributed by atoms with van der Waals surface area (Å²) in [6.07, 6.45) is 11.1. The van der Waals surface area contributed by atoms with Crippen LogP contribution in [0.3, 0.4) is 0 Å². The first-order valence-corrected chi connectivity index (χ1v) is 11.3. The first-order valence-electron chi connectivity index (χ1n) is 10.5. The number of fused-ring (bicyclic) bond motifs is 1. The summed E-state index contributed by atoms with van der Waals surface area (Å²) < 4.78 is 2.13. The molecule has 0 aliphatic heterocycles. The van der Waals surface area contributed by atoms with Crippen molar-refractivity contribution in [1.82, 2.24) is 14.3 Å². The van der Waals surface area contributed by atoms with Crippen molar-refractivity contribution in [3.8, 4) is 11.1 Å². The Morgan fingerprint density at radius 2 is 1.94 bits per heavy atom. The molecule has 2 aromatic heterocycles. The van der Waals surface area contributed by atoms with Crippen LogP contribution in [-0.4, -0.2) is 15.0 Å². The quantitative estimate of drug-likeness (QED) is 0.303. The minimum Gasteiger partial charge on any atom is -0.404 e. The number of hydrogen-bond acceptors (Lipinski definition) is 4. The molecule has 2 aromatic carbocycles. The van der Waals surface area contributed by atoms with E-state index in [-0.39, 0.29) is 6.03 Å². The molecule has 0 unspecified atom stereocenters. The number of carbonyl (C=O) groups is 1. The van der Waals surface area contributed by atoms with Crippen LogP contribution >= 0.6 is 11.9 Å². The Kier molecular flexibility index (Phi) is 7.12. The third-order valence-electron chi connectivity index (χ3n) is 5.01. The third-order valence-corrected chi connectivity index (χ3v) is 5.99. The van der Waals surface area contributed by atoms with Crippen LogP contribution in [0.25, 0.3) is 22.0 Å². The van der Waals surface area contributed by atoms with Gasteiger partial charge in [-0.15, -0.1) is 0 Å². The maximum atomic E-state index is 12.2. The van der Waals surface area contributed by atoms with E-state index in [1.54, 1.807) is 30.5 Å². The predicted octanol–water partition coefficient (Wildman–Crippen LogP) is 5.90.